The molecule has 0 aliphatic rings. The van der Waals surface area contributed by atoms with Gasteiger partial charge in [-0.25, -0.2) is 9.78 Å². The smallest absolute Gasteiger partial charge is 0.409 e. The van der Waals surface area contributed by atoms with E-state index >= 15 is 0 Å². The minimum Gasteiger partial charge on any atom is -0.465 e. The second-order valence-corrected chi connectivity index (χ2v) is 7.53. The number of amides is 2. The van der Waals surface area contributed by atoms with E-state index in [9.17, 15) is 9.59 Å². The topological polar surface area (TPSA) is 86.9 Å². The van der Waals surface area contributed by atoms with Crippen LogP contribution in [0.3, 0.4) is 0 Å². The molecule has 0 atom stereocenters. The Morgan fingerprint density at radius 2 is 1.77 bits per heavy atom. The van der Waals surface area contributed by atoms with Crippen molar-refractivity contribution in [1.82, 2.24) is 9.38 Å². The van der Waals surface area contributed by atoms with Crippen LogP contribution in [-0.2, 0) is 0 Å². The second kappa shape index (κ2) is 8.12. The number of halogens is 1. The van der Waals surface area contributed by atoms with E-state index in [0.717, 1.165) is 28.2 Å². The summed E-state index contributed by atoms with van der Waals surface area (Å²) in [5.74, 6) is -0.159. The normalized spacial score (nSPS) is 10.8. The third-order valence-electron chi connectivity index (χ3n) is 4.99. The van der Waals surface area contributed by atoms with Crippen LogP contribution in [0.25, 0.3) is 16.9 Å². The van der Waals surface area contributed by atoms with E-state index in [2.05, 4.69) is 10.3 Å². The number of rotatable bonds is 4. The lowest BCUT2D eigenvalue weighted by molar-refractivity contribution is 0.0992. The van der Waals surface area contributed by atoms with Crippen LogP contribution in [0.2, 0.25) is 5.02 Å². The minimum absolute atomic E-state index is 0.159. The van der Waals surface area contributed by atoms with Gasteiger partial charge in [0.15, 0.2) is 0 Å². The van der Waals surface area contributed by atoms with Crippen LogP contribution >= 0.6 is 11.6 Å². The number of nitrogens with one attached hydrogen (secondary N) is 1. The Labute approximate surface area is 183 Å². The second-order valence-electron chi connectivity index (χ2n) is 7.10. The number of aromatic nitrogens is 2. The Morgan fingerprint density at radius 1 is 1.10 bits per heavy atom. The van der Waals surface area contributed by atoms with Crippen LogP contribution in [0, 0.1) is 6.92 Å². The number of carbonyl (C=O) groups excluding carboxylic acids is 1. The number of hydrogen-bond acceptors (Lipinski definition) is 3. The van der Waals surface area contributed by atoms with Crippen molar-refractivity contribution in [1.29, 1.82) is 0 Å². The highest BCUT2D eigenvalue weighted by Crippen LogP contribution is 2.26. The molecule has 0 bridgehead atoms. The highest BCUT2D eigenvalue weighted by Gasteiger charge is 2.17. The first-order valence-corrected chi connectivity index (χ1v) is 9.83. The molecular weight excluding hydrogens is 416 g/mol. The maximum atomic E-state index is 13.1. The molecule has 2 amide bonds. The molecule has 2 N–H and O–H groups in total. The molecule has 2 aromatic carbocycles. The monoisotopic (exact) mass is 434 g/mol. The number of carbonyl (C=O) groups is 2. The molecule has 4 aromatic rings. The van der Waals surface area contributed by atoms with Crippen LogP contribution in [0.15, 0.2) is 67.0 Å². The largest absolute Gasteiger partial charge is 0.465 e. The van der Waals surface area contributed by atoms with Crippen LogP contribution in [0.4, 0.5) is 16.2 Å². The van der Waals surface area contributed by atoms with Gasteiger partial charge < -0.3 is 10.0 Å². The lowest BCUT2D eigenvalue weighted by atomic mass is 10.1. The molecule has 0 fully saturated rings. The number of carboxylic acid groups (broad SMARTS) is 1. The molecule has 0 saturated heterocycles. The highest BCUT2D eigenvalue weighted by atomic mass is 35.5. The van der Waals surface area contributed by atoms with Gasteiger partial charge in [-0.15, -0.1) is 0 Å². The maximum Gasteiger partial charge on any atom is 0.409 e. The summed E-state index contributed by atoms with van der Waals surface area (Å²) in [6.07, 6.45) is 2.38. The lowest BCUT2D eigenvalue weighted by Crippen LogP contribution is -2.26. The molecule has 2 heterocycles. The molecule has 0 saturated carbocycles. The van der Waals surface area contributed by atoms with Gasteiger partial charge in [0, 0.05) is 35.2 Å². The lowest BCUT2D eigenvalue weighted by Gasteiger charge is -2.18. The number of imidazole rings is 1. The van der Waals surface area contributed by atoms with Crippen molar-refractivity contribution in [2.24, 2.45) is 0 Å². The van der Waals surface area contributed by atoms with E-state index in [1.165, 1.54) is 0 Å². The van der Waals surface area contributed by atoms with E-state index in [0.29, 0.717) is 16.3 Å². The van der Waals surface area contributed by atoms with Crippen molar-refractivity contribution >= 4 is 40.6 Å². The van der Waals surface area contributed by atoms with Crippen LogP contribution in [-0.4, -0.2) is 33.5 Å². The van der Waals surface area contributed by atoms with Crippen LogP contribution in [0.1, 0.15) is 15.9 Å². The molecule has 0 radical (unpaired) electrons. The molecule has 7 nitrogen and oxygen atoms in total. The quantitative estimate of drug-likeness (QED) is 0.454. The predicted octanol–water partition coefficient (Wildman–Crippen LogP) is 5.33. The summed E-state index contributed by atoms with van der Waals surface area (Å²) in [6.45, 7) is 1.91. The number of hydrogen-bond donors (Lipinski definition) is 2. The zero-order valence-corrected chi connectivity index (χ0v) is 17.6. The Balaban J connectivity index is 1.71. The maximum absolute atomic E-state index is 13.1. The summed E-state index contributed by atoms with van der Waals surface area (Å²) in [5, 5.41) is 11.8. The Morgan fingerprint density at radius 3 is 2.42 bits per heavy atom. The number of pyridine rings is 1. The summed E-state index contributed by atoms with van der Waals surface area (Å²) in [6, 6.07) is 15.9. The fourth-order valence-electron chi connectivity index (χ4n) is 3.41. The van der Waals surface area contributed by atoms with Crippen molar-refractivity contribution in [3.8, 4) is 11.3 Å². The Bertz CT molecular complexity index is 1280. The summed E-state index contributed by atoms with van der Waals surface area (Å²) in [7, 11) is 1.72. The molecule has 2 aromatic heterocycles. The minimum atomic E-state index is -1.12. The summed E-state index contributed by atoms with van der Waals surface area (Å²) in [5.41, 5.74) is 4.98. The number of anilines is 2. The van der Waals surface area contributed by atoms with Gasteiger partial charge in [0.1, 0.15) is 5.65 Å². The zero-order chi connectivity index (χ0) is 22.1. The van der Waals surface area contributed by atoms with E-state index in [-0.39, 0.29) is 5.91 Å². The standard InChI is InChI=1S/C23H19ClN4O3/c1-14-11-16(22(29)27(2)19-9-5-17(24)6-10-19)13-28-20(12-25-21(14)28)15-3-7-18(8-4-15)26-23(30)31/h3-13,26H,1-2H3,(H,30,31). The molecule has 0 aliphatic heterocycles. The molecule has 31 heavy (non-hydrogen) atoms. The van der Waals surface area contributed by atoms with Crippen molar-refractivity contribution in [2.45, 2.75) is 6.92 Å². The number of benzene rings is 2. The summed E-state index contributed by atoms with van der Waals surface area (Å²) >= 11 is 5.95. The molecule has 0 aliphatic carbocycles. The van der Waals surface area contributed by atoms with Gasteiger partial charge in [-0.05, 0) is 55.0 Å². The van der Waals surface area contributed by atoms with Gasteiger partial charge in [-0.1, -0.05) is 23.7 Å². The SMILES string of the molecule is Cc1cc(C(=O)N(C)c2ccc(Cl)cc2)cn2c(-c3ccc(NC(=O)O)cc3)cnc12. The number of fused-ring (bicyclic) bond motifs is 1. The third kappa shape index (κ3) is 4.08. The zero-order valence-electron chi connectivity index (χ0n) is 16.8. The van der Waals surface area contributed by atoms with E-state index < -0.39 is 6.09 Å². The fraction of sp³-hybridized carbons (Fsp3) is 0.0870. The van der Waals surface area contributed by atoms with Crippen molar-refractivity contribution < 1.29 is 14.7 Å². The number of nitrogens with zero attached hydrogens (tertiary/aromatic N) is 3. The Hall–Kier alpha value is -3.84. The summed E-state index contributed by atoms with van der Waals surface area (Å²) < 4.78 is 1.87. The number of aryl methyl sites for hydroxylation is 1. The first-order valence-electron chi connectivity index (χ1n) is 9.45. The molecule has 0 unspecified atom stereocenters. The average Bonchev–Trinajstić information content (AvgIpc) is 3.18. The molecule has 8 heteroatoms. The molecule has 0 spiro atoms. The van der Waals surface area contributed by atoms with Crippen molar-refractivity contribution in [3.05, 3.63) is 83.1 Å². The van der Waals surface area contributed by atoms with E-state index in [1.807, 2.05) is 17.4 Å². The average molecular weight is 435 g/mol. The van der Waals surface area contributed by atoms with E-state index in [4.69, 9.17) is 16.7 Å². The van der Waals surface area contributed by atoms with Crippen molar-refractivity contribution in [3.63, 3.8) is 0 Å². The summed E-state index contributed by atoms with van der Waals surface area (Å²) in [4.78, 5) is 30.0. The van der Waals surface area contributed by atoms with Gasteiger partial charge in [0.2, 0.25) is 0 Å². The Kier molecular flexibility index (Phi) is 5.35. The van der Waals surface area contributed by atoms with E-state index in [1.54, 1.807) is 72.9 Å². The van der Waals surface area contributed by atoms with Crippen LogP contribution < -0.4 is 10.2 Å². The third-order valence-corrected chi connectivity index (χ3v) is 5.24. The van der Waals surface area contributed by atoms with Gasteiger partial charge >= 0.3 is 6.09 Å². The molecule has 4 rings (SSSR count). The van der Waals surface area contributed by atoms with Gasteiger partial charge in [0.25, 0.3) is 5.91 Å². The first-order chi connectivity index (χ1) is 14.8. The molecular formula is C23H19ClN4O3. The van der Waals surface area contributed by atoms with Gasteiger partial charge in [-0.3, -0.25) is 14.5 Å². The first kappa shape index (κ1) is 20.4. The van der Waals surface area contributed by atoms with Crippen LogP contribution in [0.5, 0.6) is 0 Å². The van der Waals surface area contributed by atoms with Gasteiger partial charge in [-0.2, -0.15) is 0 Å². The van der Waals surface area contributed by atoms with Gasteiger partial charge in [0.05, 0.1) is 17.5 Å². The highest BCUT2D eigenvalue weighted by molar-refractivity contribution is 6.30. The van der Waals surface area contributed by atoms with Crippen molar-refractivity contribution in [2.75, 3.05) is 17.3 Å². The fourth-order valence-corrected chi connectivity index (χ4v) is 3.54. The predicted molar refractivity (Wildman–Crippen MR) is 121 cm³/mol. The molecule has 156 valence electrons.